The summed E-state index contributed by atoms with van der Waals surface area (Å²) in [7, 11) is 0. The molecule has 1 atom stereocenters. The number of aromatic nitrogens is 1. The van der Waals surface area contributed by atoms with Crippen LogP contribution in [0.3, 0.4) is 0 Å². The molecule has 1 aromatic carbocycles. The number of hydrogen-bond acceptors (Lipinski definition) is 4. The summed E-state index contributed by atoms with van der Waals surface area (Å²) in [5, 5.41) is 6.55. The minimum Gasteiger partial charge on any atom is -0.491 e. The van der Waals surface area contributed by atoms with E-state index in [9.17, 15) is 0 Å². The molecule has 0 spiro atoms. The lowest BCUT2D eigenvalue weighted by molar-refractivity contribution is 0.318. The van der Waals surface area contributed by atoms with Crippen molar-refractivity contribution in [2.45, 2.75) is 33.2 Å². The number of benzene rings is 1. The second-order valence-electron chi connectivity index (χ2n) is 4.58. The molecule has 19 heavy (non-hydrogen) atoms. The van der Waals surface area contributed by atoms with E-state index in [4.69, 9.17) is 4.74 Å². The molecule has 0 fully saturated rings. The van der Waals surface area contributed by atoms with Crippen LogP contribution >= 0.6 is 11.3 Å². The number of aryl methyl sites for hydroxylation is 1. The molecule has 0 bridgehead atoms. The summed E-state index contributed by atoms with van der Waals surface area (Å²) in [6.45, 7) is 7.04. The third-order valence-electron chi connectivity index (χ3n) is 2.79. The molecule has 0 aliphatic heterocycles. The van der Waals surface area contributed by atoms with Crippen molar-refractivity contribution in [3.8, 4) is 5.75 Å². The Bertz CT molecular complexity index is 511. The predicted octanol–water partition coefficient (Wildman–Crippen LogP) is 4.41. The zero-order chi connectivity index (χ0) is 13.7. The Hall–Kier alpha value is -1.55. The zero-order valence-electron chi connectivity index (χ0n) is 11.6. The van der Waals surface area contributed by atoms with Gasteiger partial charge in [0.1, 0.15) is 10.8 Å². The van der Waals surface area contributed by atoms with E-state index in [-0.39, 0.29) is 6.04 Å². The van der Waals surface area contributed by atoms with Gasteiger partial charge in [0.05, 0.1) is 18.3 Å². The summed E-state index contributed by atoms with van der Waals surface area (Å²) < 4.78 is 5.81. The Morgan fingerprint density at radius 3 is 2.95 bits per heavy atom. The van der Waals surface area contributed by atoms with Gasteiger partial charge in [-0.1, -0.05) is 13.0 Å². The Morgan fingerprint density at radius 1 is 1.42 bits per heavy atom. The minimum absolute atomic E-state index is 0.187. The molecule has 0 radical (unpaired) electrons. The number of nitrogens with zero attached hydrogens (tertiary/aromatic N) is 1. The number of rotatable bonds is 6. The average molecular weight is 276 g/mol. The largest absolute Gasteiger partial charge is 0.491 e. The molecule has 1 aromatic heterocycles. The van der Waals surface area contributed by atoms with Crippen LogP contribution in [0.25, 0.3) is 0 Å². The van der Waals surface area contributed by atoms with E-state index in [0.29, 0.717) is 0 Å². The van der Waals surface area contributed by atoms with Crippen LogP contribution in [0.5, 0.6) is 5.75 Å². The fraction of sp³-hybridized carbons (Fsp3) is 0.400. The van der Waals surface area contributed by atoms with Crippen LogP contribution in [0, 0.1) is 6.92 Å². The van der Waals surface area contributed by atoms with Crippen molar-refractivity contribution < 1.29 is 4.74 Å². The highest BCUT2D eigenvalue weighted by molar-refractivity contribution is 7.09. The first kappa shape index (κ1) is 13.9. The fourth-order valence-electron chi connectivity index (χ4n) is 1.82. The smallest absolute Gasteiger partial charge is 0.142 e. The van der Waals surface area contributed by atoms with E-state index in [1.165, 1.54) is 5.56 Å². The Kier molecular flexibility index (Phi) is 4.80. The quantitative estimate of drug-likeness (QED) is 0.848. The molecule has 4 heteroatoms. The van der Waals surface area contributed by atoms with Crippen molar-refractivity contribution in [1.29, 1.82) is 0 Å². The Labute approximate surface area is 118 Å². The van der Waals surface area contributed by atoms with Crippen molar-refractivity contribution in [3.05, 3.63) is 40.3 Å². The Morgan fingerprint density at radius 2 is 2.26 bits per heavy atom. The molecule has 0 amide bonds. The molecule has 0 saturated heterocycles. The number of ether oxygens (including phenoxy) is 1. The highest BCUT2D eigenvalue weighted by Crippen LogP contribution is 2.30. The van der Waals surface area contributed by atoms with Crippen molar-refractivity contribution in [2.75, 3.05) is 11.9 Å². The molecular weight excluding hydrogens is 256 g/mol. The highest BCUT2D eigenvalue weighted by atomic mass is 32.1. The van der Waals surface area contributed by atoms with Gasteiger partial charge in [0.15, 0.2) is 0 Å². The van der Waals surface area contributed by atoms with Crippen LogP contribution in [0.15, 0.2) is 29.8 Å². The van der Waals surface area contributed by atoms with E-state index in [0.717, 1.165) is 29.5 Å². The van der Waals surface area contributed by atoms with E-state index in [1.54, 1.807) is 11.3 Å². The van der Waals surface area contributed by atoms with Gasteiger partial charge in [-0.15, -0.1) is 11.3 Å². The van der Waals surface area contributed by atoms with Gasteiger partial charge in [0.2, 0.25) is 0 Å². The minimum atomic E-state index is 0.187. The summed E-state index contributed by atoms with van der Waals surface area (Å²) in [6.07, 6.45) is 2.84. The molecule has 0 aliphatic carbocycles. The maximum atomic E-state index is 5.81. The van der Waals surface area contributed by atoms with Crippen LogP contribution < -0.4 is 10.1 Å². The van der Waals surface area contributed by atoms with Gasteiger partial charge >= 0.3 is 0 Å². The zero-order valence-corrected chi connectivity index (χ0v) is 12.5. The average Bonchev–Trinajstić information content (AvgIpc) is 2.93. The topological polar surface area (TPSA) is 34.1 Å². The molecule has 2 rings (SSSR count). The number of anilines is 1. The molecule has 1 unspecified atom stereocenters. The van der Waals surface area contributed by atoms with Crippen LogP contribution in [0.1, 0.15) is 36.9 Å². The number of nitrogens with one attached hydrogen (secondary N) is 1. The van der Waals surface area contributed by atoms with E-state index >= 15 is 0 Å². The molecule has 1 N–H and O–H groups in total. The predicted molar refractivity (Wildman–Crippen MR) is 81.1 cm³/mol. The fourth-order valence-corrected chi connectivity index (χ4v) is 2.47. The first-order chi connectivity index (χ1) is 9.20. The lowest BCUT2D eigenvalue weighted by atomic mass is 10.2. The molecule has 0 saturated carbocycles. The van der Waals surface area contributed by atoms with Gasteiger partial charge in [0, 0.05) is 11.6 Å². The molecular formula is C15H20N2OS. The maximum Gasteiger partial charge on any atom is 0.142 e. The van der Waals surface area contributed by atoms with E-state index < -0.39 is 0 Å². The maximum absolute atomic E-state index is 5.81. The van der Waals surface area contributed by atoms with E-state index in [2.05, 4.69) is 49.3 Å². The second kappa shape index (κ2) is 6.57. The molecule has 1 heterocycles. The highest BCUT2D eigenvalue weighted by Gasteiger charge is 2.11. The summed E-state index contributed by atoms with van der Waals surface area (Å²) in [6, 6.07) is 6.43. The summed E-state index contributed by atoms with van der Waals surface area (Å²) in [4.78, 5) is 4.34. The first-order valence-electron chi connectivity index (χ1n) is 6.60. The van der Waals surface area contributed by atoms with Gasteiger partial charge in [-0.05, 0) is 38.0 Å². The third kappa shape index (κ3) is 3.70. The van der Waals surface area contributed by atoms with Crippen molar-refractivity contribution in [1.82, 2.24) is 4.98 Å². The van der Waals surface area contributed by atoms with Crippen molar-refractivity contribution in [2.24, 2.45) is 0 Å². The van der Waals surface area contributed by atoms with Crippen LogP contribution in [-0.2, 0) is 0 Å². The van der Waals surface area contributed by atoms with Gasteiger partial charge in [0.25, 0.3) is 0 Å². The molecule has 0 aliphatic rings. The lowest BCUT2D eigenvalue weighted by Gasteiger charge is -2.17. The normalized spacial score (nSPS) is 12.2. The third-order valence-corrected chi connectivity index (χ3v) is 3.75. The second-order valence-corrected chi connectivity index (χ2v) is 5.51. The summed E-state index contributed by atoms with van der Waals surface area (Å²) in [5.41, 5.74) is 2.24. The summed E-state index contributed by atoms with van der Waals surface area (Å²) >= 11 is 1.66. The lowest BCUT2D eigenvalue weighted by Crippen LogP contribution is -2.08. The molecule has 2 aromatic rings. The van der Waals surface area contributed by atoms with Crippen molar-refractivity contribution >= 4 is 17.0 Å². The van der Waals surface area contributed by atoms with Gasteiger partial charge in [-0.25, -0.2) is 4.98 Å². The summed E-state index contributed by atoms with van der Waals surface area (Å²) in [5.74, 6) is 0.922. The van der Waals surface area contributed by atoms with Gasteiger partial charge in [-0.2, -0.15) is 0 Å². The molecule has 3 nitrogen and oxygen atoms in total. The first-order valence-corrected chi connectivity index (χ1v) is 7.48. The SMILES string of the molecule is CCCOc1cc(C)ccc1NC(C)c1nccs1. The number of thiazole rings is 1. The van der Waals surface area contributed by atoms with Crippen LogP contribution in [0.4, 0.5) is 5.69 Å². The Balaban J connectivity index is 2.14. The van der Waals surface area contributed by atoms with Crippen molar-refractivity contribution in [3.63, 3.8) is 0 Å². The standard InChI is InChI=1S/C15H20N2OS/c1-4-8-18-14-10-11(2)5-6-13(14)17-12(3)15-16-7-9-19-15/h5-7,9-10,12,17H,4,8H2,1-3H3. The van der Waals surface area contributed by atoms with Crippen LogP contribution in [-0.4, -0.2) is 11.6 Å². The number of hydrogen-bond donors (Lipinski definition) is 1. The monoisotopic (exact) mass is 276 g/mol. The molecule has 102 valence electrons. The van der Waals surface area contributed by atoms with E-state index in [1.807, 2.05) is 11.6 Å². The van der Waals surface area contributed by atoms with Gasteiger partial charge < -0.3 is 10.1 Å². The van der Waals surface area contributed by atoms with Gasteiger partial charge in [-0.3, -0.25) is 0 Å². The van der Waals surface area contributed by atoms with Crippen LogP contribution in [0.2, 0.25) is 0 Å².